The maximum Gasteiger partial charge on any atom is 0.164 e. The predicted molar refractivity (Wildman–Crippen MR) is 78.5 cm³/mol. The number of aromatic nitrogens is 3. The van der Waals surface area contributed by atoms with Crippen LogP contribution in [0.3, 0.4) is 0 Å². The highest BCUT2D eigenvalue weighted by Crippen LogP contribution is 2.22. The van der Waals surface area contributed by atoms with Crippen LogP contribution in [0, 0.1) is 6.92 Å². The molecule has 5 heteroatoms. The maximum absolute atomic E-state index is 6.06. The summed E-state index contributed by atoms with van der Waals surface area (Å²) in [7, 11) is 1.86. The van der Waals surface area contributed by atoms with Gasteiger partial charge in [0.05, 0.1) is 0 Å². The zero-order chi connectivity index (χ0) is 14.5. The summed E-state index contributed by atoms with van der Waals surface area (Å²) in [6.07, 6.45) is 3.31. The number of hydrogen-bond donors (Lipinski definition) is 1. The third kappa shape index (κ3) is 3.57. The Morgan fingerprint density at radius 1 is 1.40 bits per heavy atom. The van der Waals surface area contributed by atoms with Crippen LogP contribution in [0.2, 0.25) is 0 Å². The minimum atomic E-state index is 0.161. The van der Waals surface area contributed by atoms with Crippen LogP contribution in [0.1, 0.15) is 30.3 Å². The van der Waals surface area contributed by atoms with Gasteiger partial charge in [0.15, 0.2) is 5.82 Å². The van der Waals surface area contributed by atoms with Crippen molar-refractivity contribution in [3.05, 3.63) is 41.5 Å². The number of ether oxygens (including phenoxy) is 1. The Morgan fingerprint density at radius 3 is 2.85 bits per heavy atom. The van der Waals surface area contributed by atoms with E-state index in [4.69, 9.17) is 10.5 Å². The van der Waals surface area contributed by atoms with Crippen LogP contribution in [0.25, 0.3) is 0 Å². The van der Waals surface area contributed by atoms with Crippen molar-refractivity contribution < 1.29 is 4.74 Å². The summed E-state index contributed by atoms with van der Waals surface area (Å²) in [6, 6.07) is 6.35. The topological polar surface area (TPSA) is 66.0 Å². The molecule has 1 atom stereocenters. The van der Waals surface area contributed by atoms with Gasteiger partial charge in [-0.2, -0.15) is 5.10 Å². The summed E-state index contributed by atoms with van der Waals surface area (Å²) in [5.41, 5.74) is 8.43. The number of rotatable bonds is 6. The molecule has 2 rings (SSSR count). The van der Waals surface area contributed by atoms with Crippen LogP contribution in [0.15, 0.2) is 24.5 Å². The fourth-order valence-corrected chi connectivity index (χ4v) is 2.03. The molecule has 0 aliphatic rings. The van der Waals surface area contributed by atoms with Crippen molar-refractivity contribution in [1.29, 1.82) is 0 Å². The number of benzene rings is 1. The van der Waals surface area contributed by atoms with Crippen LogP contribution in [-0.2, 0) is 20.1 Å². The lowest BCUT2D eigenvalue weighted by atomic mass is 10.0. The van der Waals surface area contributed by atoms with E-state index in [2.05, 4.69) is 30.0 Å². The number of nitrogens with zero attached hydrogens (tertiary/aromatic N) is 3. The Kier molecular flexibility index (Phi) is 4.74. The van der Waals surface area contributed by atoms with E-state index in [0.29, 0.717) is 6.61 Å². The second kappa shape index (κ2) is 6.52. The van der Waals surface area contributed by atoms with Crippen LogP contribution in [-0.4, -0.2) is 20.8 Å². The second-order valence-corrected chi connectivity index (χ2v) is 5.07. The van der Waals surface area contributed by atoms with Gasteiger partial charge in [-0.1, -0.05) is 24.6 Å². The van der Waals surface area contributed by atoms with Gasteiger partial charge >= 0.3 is 0 Å². The normalized spacial score (nSPS) is 12.4. The molecule has 0 aliphatic carbocycles. The van der Waals surface area contributed by atoms with E-state index in [9.17, 15) is 0 Å². The van der Waals surface area contributed by atoms with Crippen molar-refractivity contribution in [2.75, 3.05) is 0 Å². The fourth-order valence-electron chi connectivity index (χ4n) is 2.03. The Bertz CT molecular complexity index is 565. The fraction of sp³-hybridized carbons (Fsp3) is 0.467. The first-order valence-corrected chi connectivity index (χ1v) is 6.91. The standard InChI is InChI=1S/C15H22N4O/c1-4-13(16)8-12-7-11(2)5-6-14(12)20-9-15-17-10-18-19(15)3/h5-7,10,13H,4,8-9,16H2,1-3H3. The summed E-state index contributed by atoms with van der Waals surface area (Å²) in [5.74, 6) is 1.68. The van der Waals surface area contributed by atoms with Gasteiger partial charge in [-0.05, 0) is 31.4 Å². The van der Waals surface area contributed by atoms with E-state index in [-0.39, 0.29) is 6.04 Å². The largest absolute Gasteiger partial charge is 0.485 e. The van der Waals surface area contributed by atoms with Gasteiger partial charge < -0.3 is 10.5 Å². The summed E-state index contributed by atoms with van der Waals surface area (Å²) >= 11 is 0. The number of nitrogens with two attached hydrogens (primary N) is 1. The molecule has 0 radical (unpaired) electrons. The second-order valence-electron chi connectivity index (χ2n) is 5.07. The third-order valence-electron chi connectivity index (χ3n) is 3.38. The first-order valence-electron chi connectivity index (χ1n) is 6.91. The van der Waals surface area contributed by atoms with E-state index >= 15 is 0 Å². The smallest absolute Gasteiger partial charge is 0.164 e. The van der Waals surface area contributed by atoms with Crippen molar-refractivity contribution in [2.24, 2.45) is 12.8 Å². The first kappa shape index (κ1) is 14.5. The molecule has 108 valence electrons. The highest BCUT2D eigenvalue weighted by Gasteiger charge is 2.10. The van der Waals surface area contributed by atoms with Crippen molar-refractivity contribution in [3.8, 4) is 5.75 Å². The summed E-state index contributed by atoms with van der Waals surface area (Å²) < 4.78 is 7.60. The summed E-state index contributed by atoms with van der Waals surface area (Å²) in [6.45, 7) is 4.59. The van der Waals surface area contributed by atoms with Gasteiger partial charge in [0.1, 0.15) is 18.7 Å². The van der Waals surface area contributed by atoms with Crippen LogP contribution in [0.4, 0.5) is 0 Å². The molecule has 0 spiro atoms. The van der Waals surface area contributed by atoms with Gasteiger partial charge in [0.25, 0.3) is 0 Å². The molecule has 0 amide bonds. The van der Waals surface area contributed by atoms with Crippen LogP contribution in [0.5, 0.6) is 5.75 Å². The van der Waals surface area contributed by atoms with Gasteiger partial charge in [-0.3, -0.25) is 4.68 Å². The molecule has 5 nitrogen and oxygen atoms in total. The molecular formula is C15H22N4O. The zero-order valence-corrected chi connectivity index (χ0v) is 12.3. The van der Waals surface area contributed by atoms with E-state index < -0.39 is 0 Å². The van der Waals surface area contributed by atoms with Crippen LogP contribution < -0.4 is 10.5 Å². The maximum atomic E-state index is 6.06. The molecular weight excluding hydrogens is 252 g/mol. The van der Waals surface area contributed by atoms with Gasteiger partial charge in [-0.15, -0.1) is 0 Å². The molecule has 0 saturated heterocycles. The lowest BCUT2D eigenvalue weighted by Gasteiger charge is -2.15. The highest BCUT2D eigenvalue weighted by molar-refractivity contribution is 5.37. The van der Waals surface area contributed by atoms with E-state index in [1.165, 1.54) is 11.9 Å². The van der Waals surface area contributed by atoms with E-state index in [1.807, 2.05) is 19.2 Å². The molecule has 0 aliphatic heterocycles. The Hall–Kier alpha value is -1.88. The molecule has 1 heterocycles. The van der Waals surface area contributed by atoms with Crippen LogP contribution >= 0.6 is 0 Å². The quantitative estimate of drug-likeness (QED) is 0.874. The Balaban J connectivity index is 2.12. The first-order chi connectivity index (χ1) is 9.60. The Labute approximate surface area is 119 Å². The number of hydrogen-bond acceptors (Lipinski definition) is 4. The number of aryl methyl sites for hydroxylation is 2. The molecule has 1 aromatic carbocycles. The molecule has 0 bridgehead atoms. The van der Waals surface area contributed by atoms with Gasteiger partial charge in [0, 0.05) is 13.1 Å². The van der Waals surface area contributed by atoms with Crippen molar-refractivity contribution >= 4 is 0 Å². The van der Waals surface area contributed by atoms with Gasteiger partial charge in [0.2, 0.25) is 0 Å². The molecule has 2 aromatic rings. The predicted octanol–water partition coefficient (Wildman–Crippen LogP) is 1.98. The molecule has 20 heavy (non-hydrogen) atoms. The molecule has 2 N–H and O–H groups in total. The van der Waals surface area contributed by atoms with Crippen molar-refractivity contribution in [1.82, 2.24) is 14.8 Å². The molecule has 1 aromatic heterocycles. The average Bonchev–Trinajstić information content (AvgIpc) is 2.83. The third-order valence-corrected chi connectivity index (χ3v) is 3.38. The SMILES string of the molecule is CCC(N)Cc1cc(C)ccc1OCc1ncnn1C. The summed E-state index contributed by atoms with van der Waals surface area (Å²) in [5, 5.41) is 4.03. The minimum absolute atomic E-state index is 0.161. The molecule has 0 fully saturated rings. The van der Waals surface area contributed by atoms with E-state index in [1.54, 1.807) is 4.68 Å². The van der Waals surface area contributed by atoms with Crippen molar-refractivity contribution in [2.45, 2.75) is 39.3 Å². The molecule has 1 unspecified atom stereocenters. The average molecular weight is 274 g/mol. The lowest BCUT2D eigenvalue weighted by molar-refractivity contribution is 0.286. The van der Waals surface area contributed by atoms with Gasteiger partial charge in [-0.25, -0.2) is 4.98 Å². The monoisotopic (exact) mass is 274 g/mol. The lowest BCUT2D eigenvalue weighted by Crippen LogP contribution is -2.21. The van der Waals surface area contributed by atoms with Crippen molar-refractivity contribution in [3.63, 3.8) is 0 Å². The highest BCUT2D eigenvalue weighted by atomic mass is 16.5. The molecule has 0 saturated carbocycles. The Morgan fingerprint density at radius 2 is 2.20 bits per heavy atom. The minimum Gasteiger partial charge on any atom is -0.485 e. The summed E-state index contributed by atoms with van der Waals surface area (Å²) in [4.78, 5) is 4.16. The van der Waals surface area contributed by atoms with E-state index in [0.717, 1.165) is 30.0 Å². The zero-order valence-electron chi connectivity index (χ0n) is 12.3.